The molecular formula is C15H25N3. The van der Waals surface area contributed by atoms with Crippen molar-refractivity contribution in [1.29, 1.82) is 0 Å². The van der Waals surface area contributed by atoms with Gasteiger partial charge in [0.2, 0.25) is 0 Å². The summed E-state index contributed by atoms with van der Waals surface area (Å²) in [6, 6.07) is 0. The minimum absolute atomic E-state index is 0.486. The molecule has 1 unspecified atom stereocenters. The first-order valence-corrected chi connectivity index (χ1v) is 7.16. The lowest BCUT2D eigenvalue weighted by molar-refractivity contribution is 0.620. The lowest BCUT2D eigenvalue weighted by Gasteiger charge is -2.17. The van der Waals surface area contributed by atoms with Crippen molar-refractivity contribution in [1.82, 2.24) is 15.3 Å². The summed E-state index contributed by atoms with van der Waals surface area (Å²) in [5.41, 5.74) is 3.67. The summed E-state index contributed by atoms with van der Waals surface area (Å²) < 4.78 is 0. The van der Waals surface area contributed by atoms with Crippen molar-refractivity contribution in [3.63, 3.8) is 0 Å². The Morgan fingerprint density at radius 3 is 2.33 bits per heavy atom. The van der Waals surface area contributed by atoms with E-state index in [4.69, 9.17) is 9.97 Å². The Hall–Kier alpha value is -0.960. The molecule has 0 aliphatic heterocycles. The summed E-state index contributed by atoms with van der Waals surface area (Å²) in [6.45, 7) is 10.7. The molecule has 3 nitrogen and oxygen atoms in total. The Balaban J connectivity index is 2.14. The van der Waals surface area contributed by atoms with Gasteiger partial charge in [0, 0.05) is 24.4 Å². The molecule has 2 rings (SSSR count). The van der Waals surface area contributed by atoms with Crippen LogP contribution < -0.4 is 5.32 Å². The van der Waals surface area contributed by atoms with Crippen molar-refractivity contribution in [2.45, 2.75) is 52.9 Å². The van der Waals surface area contributed by atoms with Crippen LogP contribution in [0.25, 0.3) is 0 Å². The third-order valence-corrected chi connectivity index (χ3v) is 3.73. The van der Waals surface area contributed by atoms with Gasteiger partial charge in [0.25, 0.3) is 0 Å². The molecule has 0 aromatic carbocycles. The van der Waals surface area contributed by atoms with E-state index < -0.39 is 0 Å². The van der Waals surface area contributed by atoms with E-state index in [1.165, 1.54) is 29.8 Å². The summed E-state index contributed by atoms with van der Waals surface area (Å²) in [7, 11) is 0. The van der Waals surface area contributed by atoms with Gasteiger partial charge in [0.05, 0.1) is 0 Å². The van der Waals surface area contributed by atoms with E-state index >= 15 is 0 Å². The van der Waals surface area contributed by atoms with Gasteiger partial charge in [-0.2, -0.15) is 0 Å². The van der Waals surface area contributed by atoms with Crippen LogP contribution in [0.5, 0.6) is 0 Å². The molecule has 1 N–H and O–H groups in total. The first kappa shape index (κ1) is 13.5. The van der Waals surface area contributed by atoms with Gasteiger partial charge in [0.15, 0.2) is 0 Å². The smallest absolute Gasteiger partial charge is 0.129 e. The fourth-order valence-electron chi connectivity index (χ4n) is 2.64. The number of aromatic nitrogens is 2. The number of rotatable bonds is 6. The highest BCUT2D eigenvalue weighted by Crippen LogP contribution is 2.32. The number of aryl methyl sites for hydroxylation is 2. The molecular weight excluding hydrogens is 222 g/mol. The monoisotopic (exact) mass is 247 g/mol. The molecule has 1 atom stereocenters. The van der Waals surface area contributed by atoms with Gasteiger partial charge in [-0.3, -0.25) is 0 Å². The van der Waals surface area contributed by atoms with Crippen LogP contribution in [0.4, 0.5) is 0 Å². The Bertz CT molecular complexity index is 387. The van der Waals surface area contributed by atoms with Gasteiger partial charge in [-0.25, -0.2) is 9.97 Å². The van der Waals surface area contributed by atoms with Gasteiger partial charge in [0.1, 0.15) is 5.82 Å². The molecule has 0 saturated heterocycles. The molecule has 1 aromatic heterocycles. The standard InChI is InChI=1S/C15H25N3/c1-5-16-9-10(2)15-11(3)17-14(18-12(15)4)8-13-6-7-13/h10,13,16H,5-9H2,1-4H3. The minimum Gasteiger partial charge on any atom is -0.316 e. The molecule has 1 heterocycles. The second-order valence-electron chi connectivity index (χ2n) is 5.58. The van der Waals surface area contributed by atoms with E-state index in [0.717, 1.165) is 31.3 Å². The van der Waals surface area contributed by atoms with Crippen molar-refractivity contribution in [2.75, 3.05) is 13.1 Å². The quantitative estimate of drug-likeness (QED) is 0.840. The lowest BCUT2D eigenvalue weighted by atomic mass is 9.98. The second kappa shape index (κ2) is 5.79. The van der Waals surface area contributed by atoms with Gasteiger partial charge >= 0.3 is 0 Å². The molecule has 0 amide bonds. The van der Waals surface area contributed by atoms with Crippen molar-refractivity contribution >= 4 is 0 Å². The van der Waals surface area contributed by atoms with Crippen LogP contribution in [-0.2, 0) is 6.42 Å². The molecule has 1 fully saturated rings. The largest absolute Gasteiger partial charge is 0.316 e. The van der Waals surface area contributed by atoms with Crippen LogP contribution in [0.15, 0.2) is 0 Å². The molecule has 1 aromatic rings. The van der Waals surface area contributed by atoms with Gasteiger partial charge in [-0.1, -0.05) is 13.8 Å². The van der Waals surface area contributed by atoms with Crippen molar-refractivity contribution < 1.29 is 0 Å². The number of nitrogens with one attached hydrogen (secondary N) is 1. The summed E-state index contributed by atoms with van der Waals surface area (Å²) >= 11 is 0. The number of hydrogen-bond donors (Lipinski definition) is 1. The molecule has 1 aliphatic rings. The van der Waals surface area contributed by atoms with Crippen LogP contribution in [0.3, 0.4) is 0 Å². The van der Waals surface area contributed by atoms with E-state index in [0.29, 0.717) is 5.92 Å². The molecule has 0 spiro atoms. The fraction of sp³-hybridized carbons (Fsp3) is 0.733. The van der Waals surface area contributed by atoms with E-state index in [9.17, 15) is 0 Å². The molecule has 100 valence electrons. The zero-order valence-corrected chi connectivity index (χ0v) is 12.1. The van der Waals surface area contributed by atoms with Crippen LogP contribution in [0.2, 0.25) is 0 Å². The molecule has 18 heavy (non-hydrogen) atoms. The predicted molar refractivity (Wildman–Crippen MR) is 74.9 cm³/mol. The first-order valence-electron chi connectivity index (χ1n) is 7.16. The van der Waals surface area contributed by atoms with Gasteiger partial charge in [-0.15, -0.1) is 0 Å². The highest BCUT2D eigenvalue weighted by Gasteiger charge is 2.24. The lowest BCUT2D eigenvalue weighted by Crippen LogP contribution is -2.21. The number of nitrogens with zero attached hydrogens (tertiary/aromatic N) is 2. The van der Waals surface area contributed by atoms with Gasteiger partial charge in [-0.05, 0) is 50.6 Å². The topological polar surface area (TPSA) is 37.8 Å². The average Bonchev–Trinajstić information content (AvgIpc) is 3.09. The predicted octanol–water partition coefficient (Wildman–Crippen LogP) is 2.76. The highest BCUT2D eigenvalue weighted by molar-refractivity contribution is 5.28. The third kappa shape index (κ3) is 3.29. The van der Waals surface area contributed by atoms with E-state index in [1.54, 1.807) is 0 Å². The maximum Gasteiger partial charge on any atom is 0.129 e. The van der Waals surface area contributed by atoms with Gasteiger partial charge < -0.3 is 5.32 Å². The summed E-state index contributed by atoms with van der Waals surface area (Å²) in [5.74, 6) is 2.39. The maximum atomic E-state index is 4.70. The SMILES string of the molecule is CCNCC(C)c1c(C)nc(CC2CC2)nc1C. The normalized spacial score (nSPS) is 16.9. The van der Waals surface area contributed by atoms with Crippen molar-refractivity contribution in [2.24, 2.45) is 5.92 Å². The van der Waals surface area contributed by atoms with Crippen LogP contribution in [0, 0.1) is 19.8 Å². The first-order chi connectivity index (χ1) is 8.61. The third-order valence-electron chi connectivity index (χ3n) is 3.73. The molecule has 1 saturated carbocycles. The molecule has 0 bridgehead atoms. The Morgan fingerprint density at radius 2 is 1.83 bits per heavy atom. The molecule has 3 heteroatoms. The van der Waals surface area contributed by atoms with Crippen LogP contribution >= 0.6 is 0 Å². The van der Waals surface area contributed by atoms with Crippen LogP contribution in [-0.4, -0.2) is 23.1 Å². The highest BCUT2D eigenvalue weighted by atomic mass is 14.9. The summed E-state index contributed by atoms with van der Waals surface area (Å²) in [5, 5.41) is 3.40. The minimum atomic E-state index is 0.486. The maximum absolute atomic E-state index is 4.70. The summed E-state index contributed by atoms with van der Waals surface area (Å²) in [4.78, 5) is 9.41. The zero-order valence-electron chi connectivity index (χ0n) is 12.1. The fourth-order valence-corrected chi connectivity index (χ4v) is 2.64. The van der Waals surface area contributed by atoms with Crippen molar-refractivity contribution in [3.05, 3.63) is 22.8 Å². The number of hydrogen-bond acceptors (Lipinski definition) is 3. The number of likely N-dealkylation sites (N-methyl/N-ethyl adjacent to an activating group) is 1. The van der Waals surface area contributed by atoms with Crippen LogP contribution in [0.1, 0.15) is 55.4 Å². The Labute approximate surface area is 110 Å². The van der Waals surface area contributed by atoms with Crippen molar-refractivity contribution in [3.8, 4) is 0 Å². The van der Waals surface area contributed by atoms with E-state index in [1.807, 2.05) is 0 Å². The Morgan fingerprint density at radius 1 is 1.22 bits per heavy atom. The Kier molecular flexibility index (Phi) is 4.33. The van der Waals surface area contributed by atoms with E-state index in [-0.39, 0.29) is 0 Å². The summed E-state index contributed by atoms with van der Waals surface area (Å²) in [6.07, 6.45) is 3.80. The molecule has 0 radical (unpaired) electrons. The van der Waals surface area contributed by atoms with E-state index in [2.05, 4.69) is 33.0 Å². The average molecular weight is 247 g/mol. The zero-order chi connectivity index (χ0) is 13.1. The molecule has 1 aliphatic carbocycles. The second-order valence-corrected chi connectivity index (χ2v) is 5.58.